The lowest BCUT2D eigenvalue weighted by molar-refractivity contribution is -0.209. The first kappa shape index (κ1) is 21.1. The summed E-state index contributed by atoms with van der Waals surface area (Å²) in [6.07, 6.45) is -6.92. The van der Waals surface area contributed by atoms with E-state index >= 15 is 0 Å². The van der Waals surface area contributed by atoms with E-state index in [0.29, 0.717) is 11.3 Å². The average molecular weight is 420 g/mol. The molecule has 1 aliphatic rings. The minimum absolute atomic E-state index is 0.203. The molecule has 0 unspecified atom stereocenters. The summed E-state index contributed by atoms with van der Waals surface area (Å²) < 4.78 is 72.4. The summed E-state index contributed by atoms with van der Waals surface area (Å²) in [6, 6.07) is 7.41. The second kappa shape index (κ2) is 7.99. The molecule has 1 aromatic heterocycles. The molecule has 1 aromatic carbocycles. The van der Waals surface area contributed by atoms with Gasteiger partial charge in [-0.05, 0) is 36.3 Å². The van der Waals surface area contributed by atoms with E-state index in [4.69, 9.17) is 11.0 Å². The Morgan fingerprint density at radius 2 is 1.93 bits per heavy atom. The summed E-state index contributed by atoms with van der Waals surface area (Å²) in [5, 5.41) is 8.76. The molecule has 0 radical (unpaired) electrons. The lowest BCUT2D eigenvalue weighted by atomic mass is 9.84. The Labute approximate surface area is 168 Å². The van der Waals surface area contributed by atoms with Crippen LogP contribution in [0.4, 0.5) is 22.0 Å². The second-order valence-corrected chi connectivity index (χ2v) is 6.46. The van der Waals surface area contributed by atoms with Gasteiger partial charge in [0.1, 0.15) is 29.8 Å². The number of amidine groups is 1. The van der Waals surface area contributed by atoms with Gasteiger partial charge in [0, 0.05) is 23.7 Å². The summed E-state index contributed by atoms with van der Waals surface area (Å²) >= 11 is 0. The number of pyridine rings is 1. The van der Waals surface area contributed by atoms with Gasteiger partial charge in [-0.2, -0.15) is 18.4 Å². The van der Waals surface area contributed by atoms with Gasteiger partial charge < -0.3 is 10.5 Å². The van der Waals surface area contributed by atoms with Crippen LogP contribution in [0, 0.1) is 29.0 Å². The van der Waals surface area contributed by atoms with Gasteiger partial charge in [-0.25, -0.2) is 18.8 Å². The van der Waals surface area contributed by atoms with E-state index < -0.39 is 48.3 Å². The zero-order valence-corrected chi connectivity index (χ0v) is 15.2. The maximum Gasteiger partial charge on any atom is 0.425 e. The number of nitriles is 1. The van der Waals surface area contributed by atoms with Crippen LogP contribution in [0.2, 0.25) is 0 Å². The number of aliphatic imine (C=N–C) groups is 1. The first-order valence-electron chi connectivity index (χ1n) is 8.50. The molecule has 2 heterocycles. The van der Waals surface area contributed by atoms with Gasteiger partial charge in [-0.1, -0.05) is 5.92 Å². The number of halogens is 5. The summed E-state index contributed by atoms with van der Waals surface area (Å²) in [4.78, 5) is 7.63. The van der Waals surface area contributed by atoms with Crippen LogP contribution < -0.4 is 5.73 Å². The third kappa shape index (κ3) is 4.33. The topological polar surface area (TPSA) is 84.3 Å². The monoisotopic (exact) mass is 420 g/mol. The van der Waals surface area contributed by atoms with Crippen molar-refractivity contribution in [2.24, 2.45) is 10.7 Å². The van der Waals surface area contributed by atoms with Crippen LogP contribution >= 0.6 is 0 Å². The van der Waals surface area contributed by atoms with Crippen molar-refractivity contribution in [2.45, 2.75) is 24.2 Å². The van der Waals surface area contributed by atoms with Gasteiger partial charge >= 0.3 is 6.18 Å². The fourth-order valence-corrected chi connectivity index (χ4v) is 2.92. The highest BCUT2D eigenvalue weighted by molar-refractivity contribution is 5.73. The molecule has 1 aliphatic heterocycles. The maximum atomic E-state index is 14.5. The zero-order chi connectivity index (χ0) is 21.9. The molecule has 2 atom stereocenters. The highest BCUT2D eigenvalue weighted by Crippen LogP contribution is 2.41. The van der Waals surface area contributed by atoms with Crippen molar-refractivity contribution >= 4 is 6.02 Å². The first-order valence-corrected chi connectivity index (χ1v) is 8.50. The lowest BCUT2D eigenvalue weighted by Gasteiger charge is -2.36. The predicted molar refractivity (Wildman–Crippen MR) is 96.2 cm³/mol. The van der Waals surface area contributed by atoms with Gasteiger partial charge in [0.2, 0.25) is 0 Å². The van der Waals surface area contributed by atoms with Crippen LogP contribution in [0.5, 0.6) is 0 Å². The van der Waals surface area contributed by atoms with E-state index in [0.717, 1.165) is 12.1 Å². The molecule has 10 heteroatoms. The summed E-state index contributed by atoms with van der Waals surface area (Å²) in [6.45, 7) is -1.42. The molecule has 30 heavy (non-hydrogen) atoms. The van der Waals surface area contributed by atoms with Gasteiger partial charge in [-0.15, -0.1) is 0 Å². The zero-order valence-electron chi connectivity index (χ0n) is 15.2. The minimum atomic E-state index is -4.84. The Hall–Kier alpha value is -3.66. The molecule has 5 nitrogen and oxygen atoms in total. The van der Waals surface area contributed by atoms with E-state index in [1.807, 2.05) is 6.07 Å². The number of ether oxygens (including phenoxy) is 1. The summed E-state index contributed by atoms with van der Waals surface area (Å²) in [5.74, 6) is 4.41. The number of hydrogen-bond donors (Lipinski definition) is 1. The minimum Gasteiger partial charge on any atom is -0.452 e. The average Bonchev–Trinajstić information content (AvgIpc) is 2.72. The van der Waals surface area contributed by atoms with E-state index in [-0.39, 0.29) is 5.56 Å². The van der Waals surface area contributed by atoms with Crippen LogP contribution in [0.25, 0.3) is 0 Å². The molecule has 0 spiro atoms. The number of hydrogen-bond acceptors (Lipinski definition) is 5. The van der Waals surface area contributed by atoms with Crippen molar-refractivity contribution < 1.29 is 26.7 Å². The molecule has 2 N–H and O–H groups in total. The third-order valence-corrected chi connectivity index (χ3v) is 4.39. The Kier molecular flexibility index (Phi) is 5.61. The number of alkyl halides is 4. The van der Waals surface area contributed by atoms with Crippen LogP contribution in [0.1, 0.15) is 28.8 Å². The van der Waals surface area contributed by atoms with Crippen LogP contribution in [0.15, 0.2) is 41.5 Å². The van der Waals surface area contributed by atoms with Crippen LogP contribution in [-0.2, 0) is 10.3 Å². The highest BCUT2D eigenvalue weighted by atomic mass is 19.4. The molecule has 154 valence electrons. The molecule has 0 saturated carbocycles. The smallest absolute Gasteiger partial charge is 0.425 e. The number of nitrogens with two attached hydrogens (primary N) is 1. The standard InChI is InChI=1S/C20H13F5N4O/c21-11-19(8-17(20(23,24)25)30-18(27)29-19)15-7-12(3-6-16(15)22)1-4-14-5-2-13(9-26)10-28-14/h2-3,5-7,10,17H,8,11H2,(H2,27,29)/t17-,19+/m0/s1. The fraction of sp³-hybridized carbons (Fsp3) is 0.250. The molecular formula is C20H13F5N4O. The van der Waals surface area contributed by atoms with Crippen molar-refractivity contribution in [1.82, 2.24) is 4.98 Å². The predicted octanol–water partition coefficient (Wildman–Crippen LogP) is 3.32. The van der Waals surface area contributed by atoms with Crippen molar-refractivity contribution in [3.63, 3.8) is 0 Å². The summed E-state index contributed by atoms with van der Waals surface area (Å²) in [5.41, 5.74) is 3.58. The fourth-order valence-electron chi connectivity index (χ4n) is 2.92. The van der Waals surface area contributed by atoms with E-state index in [2.05, 4.69) is 26.6 Å². The van der Waals surface area contributed by atoms with Crippen molar-refractivity contribution in [3.05, 3.63) is 64.7 Å². The highest BCUT2D eigenvalue weighted by Gasteiger charge is 2.52. The van der Waals surface area contributed by atoms with Gasteiger partial charge in [0.05, 0.1) is 5.56 Å². The Balaban J connectivity index is 2.00. The van der Waals surface area contributed by atoms with E-state index in [1.165, 1.54) is 24.4 Å². The lowest BCUT2D eigenvalue weighted by Crippen LogP contribution is -2.48. The quantitative estimate of drug-likeness (QED) is 0.597. The Morgan fingerprint density at radius 1 is 1.20 bits per heavy atom. The number of nitrogens with zero attached hydrogens (tertiary/aromatic N) is 3. The molecule has 0 amide bonds. The van der Waals surface area contributed by atoms with Crippen molar-refractivity contribution in [1.29, 1.82) is 5.26 Å². The number of aromatic nitrogens is 1. The van der Waals surface area contributed by atoms with Crippen molar-refractivity contribution in [3.8, 4) is 17.9 Å². The third-order valence-electron chi connectivity index (χ3n) is 4.39. The molecule has 3 rings (SSSR count). The largest absolute Gasteiger partial charge is 0.452 e. The van der Waals surface area contributed by atoms with Crippen LogP contribution in [-0.4, -0.2) is 30.0 Å². The Bertz CT molecular complexity index is 1080. The van der Waals surface area contributed by atoms with Crippen LogP contribution in [0.3, 0.4) is 0 Å². The van der Waals surface area contributed by atoms with Gasteiger partial charge in [-0.3, -0.25) is 0 Å². The van der Waals surface area contributed by atoms with E-state index in [9.17, 15) is 22.0 Å². The normalized spacial score (nSPS) is 20.9. The number of benzene rings is 1. The molecule has 0 bridgehead atoms. The molecular weight excluding hydrogens is 407 g/mol. The van der Waals surface area contributed by atoms with Gasteiger partial charge in [0.25, 0.3) is 6.02 Å². The summed E-state index contributed by atoms with van der Waals surface area (Å²) in [7, 11) is 0. The second-order valence-electron chi connectivity index (χ2n) is 6.46. The molecule has 0 saturated heterocycles. The Morgan fingerprint density at radius 3 is 2.53 bits per heavy atom. The van der Waals surface area contributed by atoms with Crippen molar-refractivity contribution in [2.75, 3.05) is 6.67 Å². The number of rotatable bonds is 2. The SMILES string of the molecule is N#Cc1ccc(C#Cc2ccc(F)c([C@]3(CF)C[C@@H](C(F)(F)F)OC(N)=N3)c2)nc1. The molecule has 0 fully saturated rings. The molecule has 0 aliphatic carbocycles. The maximum absolute atomic E-state index is 14.5. The van der Waals surface area contributed by atoms with E-state index in [1.54, 1.807) is 0 Å². The molecule has 2 aromatic rings. The first-order chi connectivity index (χ1) is 14.2. The van der Waals surface area contributed by atoms with Gasteiger partial charge in [0.15, 0.2) is 6.10 Å².